The number of hydrogen-bond donors (Lipinski definition) is 2. The second kappa shape index (κ2) is 13.0. The van der Waals surface area contributed by atoms with Crippen molar-refractivity contribution in [2.75, 3.05) is 6.61 Å². The fourth-order valence-corrected chi connectivity index (χ4v) is 6.61. The van der Waals surface area contributed by atoms with E-state index in [4.69, 9.17) is 14.2 Å². The average molecular weight is 650 g/mol. The number of carboxylic acid groups (broad SMARTS) is 1. The predicted octanol–water partition coefficient (Wildman–Crippen LogP) is 8.04. The zero-order valence-electron chi connectivity index (χ0n) is 26.6. The van der Waals surface area contributed by atoms with Crippen LogP contribution in [-0.4, -0.2) is 34.4 Å². The van der Waals surface area contributed by atoms with Crippen molar-refractivity contribution in [1.82, 2.24) is 5.32 Å². The molecule has 2 aliphatic rings. The molecule has 240 valence electrons. The Morgan fingerprint density at radius 1 is 0.957 bits per heavy atom. The number of benzene rings is 4. The molecule has 1 atom stereocenters. The van der Waals surface area contributed by atoms with Crippen LogP contribution in [0.3, 0.4) is 0 Å². The smallest absolute Gasteiger partial charge is 0.336 e. The number of rotatable bonds is 9. The van der Waals surface area contributed by atoms with Crippen molar-refractivity contribution in [2.45, 2.75) is 52.7 Å². The minimum absolute atomic E-state index is 0.274. The van der Waals surface area contributed by atoms with Crippen LogP contribution in [0.25, 0.3) is 17.2 Å². The van der Waals surface area contributed by atoms with E-state index in [9.17, 15) is 19.5 Å². The Balaban J connectivity index is 1.11. The van der Waals surface area contributed by atoms with Crippen LogP contribution >= 0.6 is 11.8 Å². The highest BCUT2D eigenvalue weighted by Gasteiger charge is 2.36. The molecule has 4 aromatic rings. The number of fused-ring (bicyclic) bond motifs is 1. The van der Waals surface area contributed by atoms with Crippen molar-refractivity contribution in [3.8, 4) is 28.4 Å². The van der Waals surface area contributed by atoms with E-state index in [-0.39, 0.29) is 16.7 Å². The molecule has 0 saturated carbocycles. The van der Waals surface area contributed by atoms with Crippen molar-refractivity contribution in [3.63, 3.8) is 0 Å². The molecule has 9 heteroatoms. The van der Waals surface area contributed by atoms with Gasteiger partial charge < -0.3 is 19.3 Å². The van der Waals surface area contributed by atoms with Crippen molar-refractivity contribution in [3.05, 3.63) is 117 Å². The number of thioether (sulfide) groups is 1. The molecule has 0 spiro atoms. The third-order valence-corrected chi connectivity index (χ3v) is 9.54. The molecule has 1 saturated heterocycles. The molecule has 0 bridgehead atoms. The first-order valence-electron chi connectivity index (χ1n) is 15.3. The molecule has 1 unspecified atom stereocenters. The van der Waals surface area contributed by atoms with Gasteiger partial charge in [0.05, 0.1) is 10.5 Å². The fourth-order valence-electron chi connectivity index (χ4n) is 5.93. The largest absolute Gasteiger partial charge is 0.489 e. The number of nitrogens with one attached hydrogen (secondary N) is 1. The van der Waals surface area contributed by atoms with Gasteiger partial charge in [-0.05, 0) is 116 Å². The van der Waals surface area contributed by atoms with Crippen LogP contribution in [0.5, 0.6) is 17.2 Å². The first-order valence-corrected chi connectivity index (χ1v) is 16.2. The summed E-state index contributed by atoms with van der Waals surface area (Å²) in [5.74, 6) is 1.10. The summed E-state index contributed by atoms with van der Waals surface area (Å²) >= 11 is 0.893. The monoisotopic (exact) mass is 649 g/mol. The Bertz CT molecular complexity index is 1910. The van der Waals surface area contributed by atoms with Crippen LogP contribution in [0.4, 0.5) is 4.79 Å². The van der Waals surface area contributed by atoms with E-state index < -0.39 is 11.6 Å². The number of amides is 2. The van der Waals surface area contributed by atoms with Gasteiger partial charge >= 0.3 is 5.97 Å². The maximum absolute atomic E-state index is 11.8. The van der Waals surface area contributed by atoms with Crippen molar-refractivity contribution >= 4 is 35.0 Å². The van der Waals surface area contributed by atoms with E-state index in [1.807, 2.05) is 60.7 Å². The molecule has 2 N–H and O–H groups in total. The molecule has 4 aromatic carbocycles. The van der Waals surface area contributed by atoms with Crippen LogP contribution in [0.15, 0.2) is 77.7 Å². The van der Waals surface area contributed by atoms with Gasteiger partial charge in [0, 0.05) is 5.56 Å². The number of carboxylic acids is 1. The Morgan fingerprint density at radius 2 is 1.68 bits per heavy atom. The minimum Gasteiger partial charge on any atom is -0.489 e. The number of carbonyl (C=O) groups excluding carboxylic acids is 2. The number of aromatic carboxylic acids is 1. The highest BCUT2D eigenvalue weighted by molar-refractivity contribution is 8.18. The van der Waals surface area contributed by atoms with Crippen molar-refractivity contribution < 1.29 is 33.7 Å². The molecule has 47 heavy (non-hydrogen) atoms. The molecule has 2 amide bonds. The lowest BCUT2D eigenvalue weighted by atomic mass is 9.87. The number of ether oxygens (including phenoxy) is 3. The normalized spacial score (nSPS) is 18.0. The molecule has 0 aromatic heterocycles. The molecule has 0 aliphatic carbocycles. The lowest BCUT2D eigenvalue weighted by molar-refractivity contribution is -0.115. The predicted molar refractivity (Wildman–Crippen MR) is 182 cm³/mol. The topological polar surface area (TPSA) is 111 Å². The SMILES string of the molecule is Cc1c(C)c2c(c(C)c1OCc1ccc(-c3ccccc3C(=O)O)cc1)CCC(C)(COc1ccc(/C=C3\SC(=O)NC3=O)cc1)O2. The highest BCUT2D eigenvalue weighted by atomic mass is 32.2. The number of hydrogen-bond acceptors (Lipinski definition) is 7. The minimum atomic E-state index is -0.949. The lowest BCUT2D eigenvalue weighted by Crippen LogP contribution is -2.42. The molecule has 1 fully saturated rings. The van der Waals surface area contributed by atoms with Crippen LogP contribution in [0.1, 0.15) is 57.1 Å². The van der Waals surface area contributed by atoms with E-state index in [0.717, 1.165) is 75.0 Å². The van der Waals surface area contributed by atoms with Crippen LogP contribution in [-0.2, 0) is 17.8 Å². The van der Waals surface area contributed by atoms with E-state index in [0.29, 0.717) is 29.4 Å². The van der Waals surface area contributed by atoms with E-state index in [2.05, 4.69) is 33.0 Å². The van der Waals surface area contributed by atoms with E-state index in [1.54, 1.807) is 18.2 Å². The lowest BCUT2D eigenvalue weighted by Gasteiger charge is -2.38. The molecule has 6 rings (SSSR count). The highest BCUT2D eigenvalue weighted by Crippen LogP contribution is 2.44. The standard InChI is InChI=1S/C38H35NO7S/c1-22-23(2)34-29(24(3)33(22)44-20-26-9-13-27(14-10-26)30-7-5-6-8-31(30)36(41)42)17-18-38(4,46-34)21-45-28-15-11-25(12-16-28)19-32-35(40)39-37(43)47-32/h5-16,19H,17-18,20-21H2,1-4H3,(H,41,42)(H,39,40,43)/b32-19-. The summed E-state index contributed by atoms with van der Waals surface area (Å²) in [5.41, 5.74) is 7.34. The first-order chi connectivity index (χ1) is 22.5. The quantitative estimate of drug-likeness (QED) is 0.175. The van der Waals surface area contributed by atoms with Gasteiger partial charge in [-0.25, -0.2) is 4.79 Å². The Hall–Kier alpha value is -5.02. The molecule has 2 aliphatic heterocycles. The van der Waals surface area contributed by atoms with Gasteiger partial charge in [0.2, 0.25) is 0 Å². The average Bonchev–Trinajstić information content (AvgIpc) is 3.39. The van der Waals surface area contributed by atoms with Gasteiger partial charge in [0.1, 0.15) is 36.1 Å². The zero-order chi connectivity index (χ0) is 33.3. The maximum Gasteiger partial charge on any atom is 0.336 e. The third kappa shape index (κ3) is 6.76. The zero-order valence-corrected chi connectivity index (χ0v) is 27.5. The van der Waals surface area contributed by atoms with Crippen molar-refractivity contribution in [2.24, 2.45) is 0 Å². The van der Waals surface area contributed by atoms with Gasteiger partial charge in [0.25, 0.3) is 11.1 Å². The Labute approximate surface area is 277 Å². The Morgan fingerprint density at radius 3 is 2.36 bits per heavy atom. The van der Waals surface area contributed by atoms with Crippen LogP contribution in [0.2, 0.25) is 0 Å². The van der Waals surface area contributed by atoms with Crippen LogP contribution in [0, 0.1) is 20.8 Å². The van der Waals surface area contributed by atoms with Gasteiger partial charge in [-0.1, -0.05) is 54.6 Å². The van der Waals surface area contributed by atoms with Gasteiger partial charge in [0.15, 0.2) is 0 Å². The molecular weight excluding hydrogens is 614 g/mol. The van der Waals surface area contributed by atoms with Crippen LogP contribution < -0.4 is 19.5 Å². The molecule has 8 nitrogen and oxygen atoms in total. The molecular formula is C38H35NO7S. The second-order valence-electron chi connectivity index (χ2n) is 12.1. The first kappa shape index (κ1) is 31.9. The third-order valence-electron chi connectivity index (χ3n) is 8.73. The summed E-state index contributed by atoms with van der Waals surface area (Å²) in [6.07, 6.45) is 3.27. The summed E-state index contributed by atoms with van der Waals surface area (Å²) < 4.78 is 19.2. The van der Waals surface area contributed by atoms with Gasteiger partial charge in [-0.2, -0.15) is 0 Å². The molecule has 2 heterocycles. The Kier molecular flexibility index (Phi) is 8.84. The molecule has 0 radical (unpaired) electrons. The summed E-state index contributed by atoms with van der Waals surface area (Å²) in [7, 11) is 0. The van der Waals surface area contributed by atoms with Gasteiger partial charge in [-0.3, -0.25) is 14.9 Å². The number of carbonyl (C=O) groups is 3. The summed E-state index contributed by atoms with van der Waals surface area (Å²) in [6.45, 7) is 9.00. The van der Waals surface area contributed by atoms with E-state index >= 15 is 0 Å². The van der Waals surface area contributed by atoms with Gasteiger partial charge in [-0.15, -0.1) is 0 Å². The summed E-state index contributed by atoms with van der Waals surface area (Å²) in [6, 6.07) is 22.2. The summed E-state index contributed by atoms with van der Waals surface area (Å²) in [4.78, 5) is 35.3. The van der Waals surface area contributed by atoms with Crippen molar-refractivity contribution in [1.29, 1.82) is 0 Å². The maximum atomic E-state index is 11.8. The summed E-state index contributed by atoms with van der Waals surface area (Å²) in [5, 5.41) is 11.5. The van der Waals surface area contributed by atoms with E-state index in [1.165, 1.54) is 0 Å². The fraction of sp³-hybridized carbons (Fsp3) is 0.237. The number of imide groups is 1. The second-order valence-corrected chi connectivity index (χ2v) is 13.1.